The van der Waals surface area contributed by atoms with E-state index in [9.17, 15) is 9.59 Å². The fraction of sp³-hybridized carbons (Fsp3) is 0.344. The first-order valence-corrected chi connectivity index (χ1v) is 14.3. The van der Waals surface area contributed by atoms with Gasteiger partial charge >= 0.3 is 6.09 Å². The molecule has 0 aliphatic heterocycles. The number of alkyl carbamates (subject to hydrolysis) is 1. The summed E-state index contributed by atoms with van der Waals surface area (Å²) in [7, 11) is 0. The zero-order chi connectivity index (χ0) is 28.0. The summed E-state index contributed by atoms with van der Waals surface area (Å²) < 4.78 is 5.53. The van der Waals surface area contributed by atoms with Crippen LogP contribution in [0.1, 0.15) is 61.9 Å². The van der Waals surface area contributed by atoms with Crippen molar-refractivity contribution in [2.24, 2.45) is 5.92 Å². The summed E-state index contributed by atoms with van der Waals surface area (Å²) in [5, 5.41) is 7.81. The normalized spacial score (nSPS) is 16.1. The van der Waals surface area contributed by atoms with E-state index in [1.807, 2.05) is 48.7 Å². The Hall–Kier alpha value is -3.84. The average molecular weight is 559 g/mol. The summed E-state index contributed by atoms with van der Waals surface area (Å²) in [6.07, 6.45) is 8.78. The molecule has 2 heterocycles. The number of H-pyrrole nitrogens is 1. The monoisotopic (exact) mass is 558 g/mol. The number of ether oxygens (including phenoxy) is 1. The first-order valence-electron chi connectivity index (χ1n) is 13.9. The zero-order valence-corrected chi connectivity index (χ0v) is 23.4. The predicted octanol–water partition coefficient (Wildman–Crippen LogP) is 6.88. The van der Waals surface area contributed by atoms with Gasteiger partial charge in [-0.2, -0.15) is 0 Å². The molecule has 8 heteroatoms. The Morgan fingerprint density at radius 2 is 1.80 bits per heavy atom. The van der Waals surface area contributed by atoms with Crippen molar-refractivity contribution in [1.29, 1.82) is 0 Å². The fourth-order valence-electron chi connectivity index (χ4n) is 5.59. The number of carbonyl (C=O) groups is 2. The number of aromatic amines is 1. The van der Waals surface area contributed by atoms with Gasteiger partial charge in [0.2, 0.25) is 5.91 Å². The standard InChI is InChI=1S/C32H35ClN4O3/c1-32(19-24-20-35-27-12-6-5-11-26(24)27,37-31(39)40-21-22-14-16-25(33)17-15-22)30(38)36-29(23-9-3-2-4-10-23)28-13-7-8-18-34-28/h5-8,11-18,20,23,29,35H,2-4,9-10,19,21H2,1H3,(H,36,38)(H,37,39)/t29?,32-/m0/s1. The second-order valence-electron chi connectivity index (χ2n) is 10.8. The first-order chi connectivity index (χ1) is 19.4. The Balaban J connectivity index is 1.40. The summed E-state index contributed by atoms with van der Waals surface area (Å²) in [5.41, 5.74) is 2.25. The van der Waals surface area contributed by atoms with E-state index < -0.39 is 11.6 Å². The van der Waals surface area contributed by atoms with Gasteiger partial charge in [0.25, 0.3) is 0 Å². The Labute approximate surface area is 239 Å². The van der Waals surface area contributed by atoms with Gasteiger partial charge in [-0.05, 0) is 67.1 Å². The topological polar surface area (TPSA) is 96.1 Å². The maximum absolute atomic E-state index is 14.2. The van der Waals surface area contributed by atoms with Gasteiger partial charge < -0.3 is 20.4 Å². The summed E-state index contributed by atoms with van der Waals surface area (Å²) in [5.74, 6) is 0.00393. The van der Waals surface area contributed by atoms with Gasteiger partial charge in [-0.25, -0.2) is 4.79 Å². The predicted molar refractivity (Wildman–Crippen MR) is 157 cm³/mol. The van der Waals surface area contributed by atoms with Gasteiger partial charge in [-0.3, -0.25) is 9.78 Å². The molecule has 7 nitrogen and oxygen atoms in total. The van der Waals surface area contributed by atoms with E-state index in [1.165, 1.54) is 6.42 Å². The Bertz CT molecular complexity index is 1430. The highest BCUT2D eigenvalue weighted by molar-refractivity contribution is 6.30. The number of hydrogen-bond donors (Lipinski definition) is 3. The third-order valence-corrected chi connectivity index (χ3v) is 8.05. The van der Waals surface area contributed by atoms with Crippen molar-refractivity contribution in [3.8, 4) is 0 Å². The van der Waals surface area contributed by atoms with Crippen molar-refractivity contribution in [2.45, 2.75) is 63.6 Å². The number of pyridine rings is 1. The largest absolute Gasteiger partial charge is 0.445 e. The van der Waals surface area contributed by atoms with Gasteiger partial charge in [0.15, 0.2) is 0 Å². The number of hydrogen-bond acceptors (Lipinski definition) is 4. The third-order valence-electron chi connectivity index (χ3n) is 7.80. The molecule has 2 atom stereocenters. The van der Waals surface area contributed by atoms with Crippen LogP contribution in [0.15, 0.2) is 79.1 Å². The Morgan fingerprint density at radius 3 is 2.55 bits per heavy atom. The van der Waals surface area contributed by atoms with Crippen molar-refractivity contribution < 1.29 is 14.3 Å². The third kappa shape index (κ3) is 6.65. The van der Waals surface area contributed by atoms with Crippen LogP contribution in [0.2, 0.25) is 5.02 Å². The number of fused-ring (bicyclic) bond motifs is 1. The summed E-state index contributed by atoms with van der Waals surface area (Å²) in [4.78, 5) is 35.1. The number of para-hydroxylation sites is 1. The highest BCUT2D eigenvalue weighted by Crippen LogP contribution is 2.34. The number of benzene rings is 2. The van der Waals surface area contributed by atoms with Crippen molar-refractivity contribution >= 4 is 34.5 Å². The highest BCUT2D eigenvalue weighted by atomic mass is 35.5. The number of amides is 2. The molecule has 1 aliphatic carbocycles. The number of aromatic nitrogens is 2. The molecule has 40 heavy (non-hydrogen) atoms. The summed E-state index contributed by atoms with van der Waals surface area (Å²) >= 11 is 5.98. The van der Waals surface area contributed by atoms with E-state index in [-0.39, 0.29) is 30.9 Å². The quantitative estimate of drug-likeness (QED) is 0.208. The van der Waals surface area contributed by atoms with Crippen LogP contribution in [0.25, 0.3) is 10.9 Å². The molecular formula is C32H35ClN4O3. The SMILES string of the molecule is C[C@@](Cc1c[nH]c2ccccc12)(NC(=O)OCc1ccc(Cl)cc1)C(=O)NC(c1ccccn1)C1CCCCC1. The van der Waals surface area contributed by atoms with Crippen molar-refractivity contribution in [3.05, 3.63) is 101 Å². The minimum absolute atomic E-state index is 0.0619. The maximum Gasteiger partial charge on any atom is 0.408 e. The summed E-state index contributed by atoms with van der Waals surface area (Å²) in [6, 6.07) is 20.6. The molecule has 4 aromatic rings. The minimum atomic E-state index is -1.29. The van der Waals surface area contributed by atoms with E-state index in [4.69, 9.17) is 16.3 Å². The number of rotatable bonds is 9. The molecule has 0 radical (unpaired) electrons. The van der Waals surface area contributed by atoms with Gasteiger partial charge in [-0.15, -0.1) is 0 Å². The fourth-order valence-corrected chi connectivity index (χ4v) is 5.72. The van der Waals surface area contributed by atoms with Crippen LogP contribution in [0.5, 0.6) is 0 Å². The lowest BCUT2D eigenvalue weighted by Gasteiger charge is -2.35. The van der Waals surface area contributed by atoms with Gasteiger partial charge in [0.1, 0.15) is 12.1 Å². The van der Waals surface area contributed by atoms with Crippen LogP contribution in [-0.4, -0.2) is 27.5 Å². The smallest absolute Gasteiger partial charge is 0.408 e. The van der Waals surface area contributed by atoms with Crippen molar-refractivity contribution in [3.63, 3.8) is 0 Å². The Kier molecular flexibility index (Phi) is 8.70. The summed E-state index contributed by atoms with van der Waals surface area (Å²) in [6.45, 7) is 1.82. The molecule has 0 spiro atoms. The van der Waals surface area contributed by atoms with Crippen LogP contribution < -0.4 is 10.6 Å². The Morgan fingerprint density at radius 1 is 1.05 bits per heavy atom. The van der Waals surface area contributed by atoms with Crippen molar-refractivity contribution in [2.75, 3.05) is 0 Å². The molecule has 1 unspecified atom stereocenters. The first kappa shape index (κ1) is 27.7. The molecule has 2 amide bonds. The number of nitrogens with zero attached hydrogens (tertiary/aromatic N) is 1. The van der Waals surface area contributed by atoms with E-state index in [0.29, 0.717) is 5.02 Å². The molecule has 0 bridgehead atoms. The molecule has 0 saturated heterocycles. The lowest BCUT2D eigenvalue weighted by atomic mass is 9.81. The molecule has 3 N–H and O–H groups in total. The van der Waals surface area contributed by atoms with Crippen molar-refractivity contribution in [1.82, 2.24) is 20.6 Å². The van der Waals surface area contributed by atoms with Crippen LogP contribution >= 0.6 is 11.6 Å². The molecule has 1 saturated carbocycles. The van der Waals surface area contributed by atoms with E-state index in [1.54, 1.807) is 37.4 Å². The van der Waals surface area contributed by atoms with Gasteiger partial charge in [0, 0.05) is 34.7 Å². The van der Waals surface area contributed by atoms with Crippen LogP contribution in [0.3, 0.4) is 0 Å². The average Bonchev–Trinajstić information content (AvgIpc) is 3.38. The maximum atomic E-state index is 14.2. The molecule has 1 aliphatic rings. The number of halogens is 1. The number of nitrogens with one attached hydrogen (secondary N) is 3. The molecule has 208 valence electrons. The minimum Gasteiger partial charge on any atom is -0.445 e. The van der Waals surface area contributed by atoms with Crippen LogP contribution in [0.4, 0.5) is 4.79 Å². The second-order valence-corrected chi connectivity index (χ2v) is 11.2. The van der Waals surface area contributed by atoms with Gasteiger partial charge in [-0.1, -0.05) is 67.3 Å². The number of carbonyl (C=O) groups excluding carboxylic acids is 2. The van der Waals surface area contributed by atoms with Crippen LogP contribution in [-0.2, 0) is 22.6 Å². The molecule has 1 fully saturated rings. The lowest BCUT2D eigenvalue weighted by molar-refractivity contribution is -0.128. The highest BCUT2D eigenvalue weighted by Gasteiger charge is 2.39. The molecule has 5 rings (SSSR count). The van der Waals surface area contributed by atoms with Crippen LogP contribution in [0, 0.1) is 5.92 Å². The van der Waals surface area contributed by atoms with Gasteiger partial charge in [0.05, 0.1) is 11.7 Å². The molecule has 2 aromatic heterocycles. The lowest BCUT2D eigenvalue weighted by Crippen LogP contribution is -2.59. The van der Waals surface area contributed by atoms with E-state index >= 15 is 0 Å². The second kappa shape index (κ2) is 12.6. The molecular weight excluding hydrogens is 524 g/mol. The zero-order valence-electron chi connectivity index (χ0n) is 22.7. The van der Waals surface area contributed by atoms with E-state index in [0.717, 1.165) is 53.4 Å². The van der Waals surface area contributed by atoms with E-state index in [2.05, 4.69) is 20.6 Å². The molecule has 2 aromatic carbocycles.